The Bertz CT molecular complexity index is 782. The molecular weight excluding hydrogens is 360 g/mol. The number of piperidine rings is 1. The van der Waals surface area contributed by atoms with Crippen LogP contribution in [-0.2, 0) is 20.6 Å². The molecule has 1 saturated heterocycles. The van der Waals surface area contributed by atoms with Crippen LogP contribution in [0.4, 0.5) is 0 Å². The van der Waals surface area contributed by atoms with E-state index in [0.29, 0.717) is 37.9 Å². The molecule has 3 fully saturated rings. The van der Waals surface area contributed by atoms with Crippen LogP contribution in [0.2, 0.25) is 0 Å². The maximum absolute atomic E-state index is 12.7. The zero-order chi connectivity index (χ0) is 19.0. The van der Waals surface area contributed by atoms with Crippen molar-refractivity contribution in [1.82, 2.24) is 9.62 Å². The van der Waals surface area contributed by atoms with Crippen LogP contribution in [0.3, 0.4) is 0 Å². The molecule has 1 heterocycles. The number of sulfonamides is 1. The zero-order valence-electron chi connectivity index (χ0n) is 16.1. The second-order valence-electron chi connectivity index (χ2n) is 8.71. The largest absolute Gasteiger partial charge is 0.353 e. The number of fused-ring (bicyclic) bond motifs is 2. The van der Waals surface area contributed by atoms with Crippen molar-refractivity contribution < 1.29 is 13.2 Å². The summed E-state index contributed by atoms with van der Waals surface area (Å²) in [6.45, 7) is 2.89. The van der Waals surface area contributed by atoms with Gasteiger partial charge in [-0.2, -0.15) is 0 Å². The minimum Gasteiger partial charge on any atom is -0.353 e. The first kappa shape index (κ1) is 18.9. The van der Waals surface area contributed by atoms with Gasteiger partial charge in [0.2, 0.25) is 15.9 Å². The molecule has 2 saturated carbocycles. The third kappa shape index (κ3) is 4.21. The van der Waals surface area contributed by atoms with E-state index in [2.05, 4.69) is 5.32 Å². The number of rotatable bonds is 5. The smallest absolute Gasteiger partial charge is 0.223 e. The number of hydrogen-bond acceptors (Lipinski definition) is 3. The Morgan fingerprint density at radius 3 is 2.37 bits per heavy atom. The molecule has 1 aromatic carbocycles. The Hall–Kier alpha value is -1.40. The summed E-state index contributed by atoms with van der Waals surface area (Å²) in [4.78, 5) is 12.6. The molecule has 1 aromatic rings. The highest BCUT2D eigenvalue weighted by molar-refractivity contribution is 7.88. The standard InChI is InChI=1S/C21H30N2O3S/c1-15-2-4-16(5-3-15)14-27(25,26)23-10-8-18(9-11-23)21(24)22-20-13-17-6-7-19(20)12-17/h2-5,17-20H,6-14H2,1H3,(H,22,24)/t17-,19-,20-/m0/s1. The molecule has 0 unspecified atom stereocenters. The van der Waals surface area contributed by atoms with Crippen molar-refractivity contribution in [3.8, 4) is 0 Å². The van der Waals surface area contributed by atoms with Crippen molar-refractivity contribution in [2.75, 3.05) is 13.1 Å². The molecule has 2 bridgehead atoms. The van der Waals surface area contributed by atoms with Crippen LogP contribution in [0.25, 0.3) is 0 Å². The number of carbonyl (C=O) groups is 1. The molecule has 0 radical (unpaired) electrons. The highest BCUT2D eigenvalue weighted by Crippen LogP contribution is 2.44. The molecule has 3 atom stereocenters. The summed E-state index contributed by atoms with van der Waals surface area (Å²) in [6, 6.07) is 8.00. The van der Waals surface area contributed by atoms with Gasteiger partial charge in [-0.3, -0.25) is 4.79 Å². The van der Waals surface area contributed by atoms with Gasteiger partial charge in [0.05, 0.1) is 5.75 Å². The summed E-state index contributed by atoms with van der Waals surface area (Å²) >= 11 is 0. The lowest BCUT2D eigenvalue weighted by atomic mass is 9.93. The Labute approximate surface area is 162 Å². The molecule has 5 nitrogen and oxygen atoms in total. The van der Waals surface area contributed by atoms with E-state index in [1.54, 1.807) is 4.31 Å². The van der Waals surface area contributed by atoms with Gasteiger partial charge in [0.15, 0.2) is 0 Å². The van der Waals surface area contributed by atoms with Gasteiger partial charge >= 0.3 is 0 Å². The molecular formula is C21H30N2O3S. The summed E-state index contributed by atoms with van der Waals surface area (Å²) < 4.78 is 27.0. The zero-order valence-corrected chi connectivity index (χ0v) is 16.9. The minimum atomic E-state index is -3.33. The van der Waals surface area contributed by atoms with E-state index >= 15 is 0 Å². The number of amides is 1. The van der Waals surface area contributed by atoms with Gasteiger partial charge in [0.25, 0.3) is 0 Å². The highest BCUT2D eigenvalue weighted by Gasteiger charge is 2.41. The van der Waals surface area contributed by atoms with E-state index in [-0.39, 0.29) is 17.6 Å². The summed E-state index contributed by atoms with van der Waals surface area (Å²) in [5.41, 5.74) is 1.94. The maximum atomic E-state index is 12.7. The fourth-order valence-corrected chi connectivity index (χ4v) is 6.67. The number of benzene rings is 1. The average Bonchev–Trinajstić information content (AvgIpc) is 3.27. The molecule has 27 heavy (non-hydrogen) atoms. The first-order valence-corrected chi connectivity index (χ1v) is 11.9. The molecule has 3 aliphatic rings. The third-order valence-electron chi connectivity index (χ3n) is 6.75. The van der Waals surface area contributed by atoms with Gasteiger partial charge in [0, 0.05) is 25.0 Å². The van der Waals surface area contributed by atoms with Crippen LogP contribution in [0, 0.1) is 24.7 Å². The summed E-state index contributed by atoms with van der Waals surface area (Å²) in [5, 5.41) is 3.27. The topological polar surface area (TPSA) is 66.5 Å². The van der Waals surface area contributed by atoms with Crippen molar-refractivity contribution in [2.24, 2.45) is 17.8 Å². The SMILES string of the molecule is Cc1ccc(CS(=O)(=O)N2CCC(C(=O)N[C@H]3C[C@H]4CC[C@H]3C4)CC2)cc1. The Morgan fingerprint density at radius 1 is 1.07 bits per heavy atom. The maximum Gasteiger partial charge on any atom is 0.223 e. The quantitative estimate of drug-likeness (QED) is 0.841. The summed E-state index contributed by atoms with van der Waals surface area (Å²) in [5.74, 6) is 1.62. The van der Waals surface area contributed by atoms with E-state index < -0.39 is 10.0 Å². The van der Waals surface area contributed by atoms with E-state index in [1.165, 1.54) is 19.3 Å². The molecule has 0 spiro atoms. The fourth-order valence-electron chi connectivity index (χ4n) is 5.10. The monoisotopic (exact) mass is 390 g/mol. The second-order valence-corrected chi connectivity index (χ2v) is 10.7. The van der Waals surface area contributed by atoms with Gasteiger partial charge in [0.1, 0.15) is 0 Å². The molecule has 148 valence electrons. The lowest BCUT2D eigenvalue weighted by Gasteiger charge is -2.32. The van der Waals surface area contributed by atoms with Crippen molar-refractivity contribution in [3.05, 3.63) is 35.4 Å². The average molecular weight is 391 g/mol. The molecule has 1 aliphatic heterocycles. The molecule has 1 N–H and O–H groups in total. The van der Waals surface area contributed by atoms with Gasteiger partial charge in [-0.1, -0.05) is 36.2 Å². The lowest BCUT2D eigenvalue weighted by Crippen LogP contribution is -2.46. The van der Waals surface area contributed by atoms with Crippen LogP contribution in [0.1, 0.15) is 49.7 Å². The van der Waals surface area contributed by atoms with Crippen LogP contribution >= 0.6 is 0 Å². The Morgan fingerprint density at radius 2 is 1.78 bits per heavy atom. The minimum absolute atomic E-state index is 0.0370. The lowest BCUT2D eigenvalue weighted by molar-refractivity contribution is -0.127. The van der Waals surface area contributed by atoms with Gasteiger partial charge in [-0.25, -0.2) is 12.7 Å². The van der Waals surface area contributed by atoms with E-state index in [0.717, 1.165) is 23.5 Å². The molecule has 1 amide bonds. The third-order valence-corrected chi connectivity index (χ3v) is 8.60. The van der Waals surface area contributed by atoms with Gasteiger partial charge < -0.3 is 5.32 Å². The van der Waals surface area contributed by atoms with E-state index in [4.69, 9.17) is 0 Å². The molecule has 0 aromatic heterocycles. The molecule has 2 aliphatic carbocycles. The predicted octanol–water partition coefficient (Wildman–Crippen LogP) is 2.84. The number of carbonyl (C=O) groups excluding carboxylic acids is 1. The van der Waals surface area contributed by atoms with Crippen LogP contribution in [0.5, 0.6) is 0 Å². The second kappa shape index (κ2) is 7.55. The Kier molecular flexibility index (Phi) is 5.30. The van der Waals surface area contributed by atoms with Crippen LogP contribution < -0.4 is 5.32 Å². The predicted molar refractivity (Wildman–Crippen MR) is 105 cm³/mol. The summed E-state index contributed by atoms with van der Waals surface area (Å²) in [7, 11) is -3.33. The van der Waals surface area contributed by atoms with Crippen LogP contribution in [-0.4, -0.2) is 37.8 Å². The number of hydrogen-bond donors (Lipinski definition) is 1. The Balaban J connectivity index is 1.29. The van der Waals surface area contributed by atoms with E-state index in [1.807, 2.05) is 31.2 Å². The van der Waals surface area contributed by atoms with Crippen LogP contribution in [0.15, 0.2) is 24.3 Å². The number of aryl methyl sites for hydroxylation is 1. The van der Waals surface area contributed by atoms with Crippen molar-refractivity contribution in [1.29, 1.82) is 0 Å². The number of nitrogens with zero attached hydrogens (tertiary/aromatic N) is 1. The summed E-state index contributed by atoms with van der Waals surface area (Å²) in [6.07, 6.45) is 6.25. The molecule has 6 heteroatoms. The normalized spacial score (nSPS) is 29.1. The number of nitrogens with one attached hydrogen (secondary N) is 1. The van der Waals surface area contributed by atoms with Crippen molar-refractivity contribution >= 4 is 15.9 Å². The van der Waals surface area contributed by atoms with Gasteiger partial charge in [-0.15, -0.1) is 0 Å². The first-order chi connectivity index (χ1) is 12.9. The van der Waals surface area contributed by atoms with Gasteiger partial charge in [-0.05, 0) is 56.4 Å². The van der Waals surface area contributed by atoms with E-state index in [9.17, 15) is 13.2 Å². The highest BCUT2D eigenvalue weighted by atomic mass is 32.2. The first-order valence-electron chi connectivity index (χ1n) is 10.2. The molecule has 4 rings (SSSR count). The van der Waals surface area contributed by atoms with Crippen molar-refractivity contribution in [2.45, 2.75) is 57.2 Å². The fraction of sp³-hybridized carbons (Fsp3) is 0.667. The van der Waals surface area contributed by atoms with Crippen molar-refractivity contribution in [3.63, 3.8) is 0 Å².